The molecule has 0 saturated heterocycles. The fourth-order valence-electron chi connectivity index (χ4n) is 6.43. The van der Waals surface area contributed by atoms with Crippen molar-refractivity contribution in [2.75, 3.05) is 33.0 Å². The number of hydrazone groups is 2. The van der Waals surface area contributed by atoms with Crippen molar-refractivity contribution in [1.82, 2.24) is 0 Å². The number of para-hydroxylation sites is 2. The van der Waals surface area contributed by atoms with E-state index < -0.39 is 33.1 Å². The quantitative estimate of drug-likeness (QED) is 0.188. The van der Waals surface area contributed by atoms with E-state index in [0.717, 1.165) is 0 Å². The van der Waals surface area contributed by atoms with Crippen LogP contribution in [0, 0.1) is 20.2 Å². The monoisotopic (exact) mass is 642 g/mol. The third-order valence-electron chi connectivity index (χ3n) is 8.25. The number of hydrogen-bond donors (Lipinski definition) is 0. The Morgan fingerprint density at radius 2 is 1.06 bits per heavy atom. The van der Waals surface area contributed by atoms with E-state index >= 15 is 0 Å². The van der Waals surface area contributed by atoms with Crippen molar-refractivity contribution in [3.63, 3.8) is 0 Å². The fraction of sp³-hybridized carbons (Fsp3) is 0.290. The molecule has 47 heavy (non-hydrogen) atoms. The van der Waals surface area contributed by atoms with Gasteiger partial charge in [0.25, 0.3) is 11.4 Å². The molecule has 0 N–H and O–H groups in total. The minimum absolute atomic E-state index is 0.0403. The number of carbonyl (C=O) groups excluding carboxylic acids is 2. The molecule has 0 saturated carbocycles. The van der Waals surface area contributed by atoms with Gasteiger partial charge in [-0.3, -0.25) is 30.0 Å². The molecule has 3 heterocycles. The average Bonchev–Trinajstić information content (AvgIpc) is 3.48. The van der Waals surface area contributed by atoms with Crippen molar-refractivity contribution in [1.29, 1.82) is 0 Å². The lowest BCUT2D eigenvalue weighted by Crippen LogP contribution is -2.63. The molecule has 0 amide bonds. The van der Waals surface area contributed by atoms with Gasteiger partial charge < -0.3 is 9.47 Å². The van der Waals surface area contributed by atoms with Gasteiger partial charge >= 0.3 is 11.9 Å². The number of nitro groups is 2. The summed E-state index contributed by atoms with van der Waals surface area (Å²) >= 11 is 0. The molecular formula is C31H30N8O8. The Hall–Kier alpha value is -6.06. The molecule has 16 nitrogen and oxygen atoms in total. The zero-order valence-electron chi connectivity index (χ0n) is 25.9. The minimum atomic E-state index is -1.23. The van der Waals surface area contributed by atoms with Crippen LogP contribution in [0.5, 0.6) is 0 Å². The highest BCUT2D eigenvalue weighted by molar-refractivity contribution is 6.45. The standard InChI is InChI=1S/C31H30N8O8/c1-5-46-28(40)26-32-36(20-11-15-22(16-12-20)38(42)43)30(3)19-31(4)35(25-10-8-7-9-24(25)34(26)30)27(29(41)47-6-2)33-37(31)21-13-17-23(18-14-21)39(44)45/h7-18H,5-6,19H2,1-4H3/t30-,31-/m1/s1. The molecule has 6 rings (SSSR count). The number of benzene rings is 3. The molecule has 0 unspecified atom stereocenters. The largest absolute Gasteiger partial charge is 0.460 e. The summed E-state index contributed by atoms with van der Waals surface area (Å²) in [5.74, 6) is -1.48. The number of carbonyl (C=O) groups is 2. The second-order valence-corrected chi connectivity index (χ2v) is 11.2. The molecule has 242 valence electrons. The summed E-state index contributed by atoms with van der Waals surface area (Å²) in [5, 5.41) is 35.6. The van der Waals surface area contributed by atoms with Crippen molar-refractivity contribution in [3.05, 3.63) is 93.0 Å². The number of fused-ring (bicyclic) bond motifs is 5. The van der Waals surface area contributed by atoms with E-state index in [9.17, 15) is 29.8 Å². The molecule has 0 radical (unpaired) electrons. The van der Waals surface area contributed by atoms with Crippen LogP contribution >= 0.6 is 0 Å². The van der Waals surface area contributed by atoms with Crippen LogP contribution < -0.4 is 19.8 Å². The van der Waals surface area contributed by atoms with E-state index in [2.05, 4.69) is 0 Å². The van der Waals surface area contributed by atoms with E-state index in [-0.39, 0.29) is 42.7 Å². The van der Waals surface area contributed by atoms with Gasteiger partial charge in [-0.1, -0.05) is 12.1 Å². The Kier molecular flexibility index (Phi) is 7.49. The highest BCUT2D eigenvalue weighted by atomic mass is 16.6. The zero-order chi connectivity index (χ0) is 33.7. The van der Waals surface area contributed by atoms with Crippen molar-refractivity contribution >= 4 is 57.7 Å². The van der Waals surface area contributed by atoms with Crippen LogP contribution in [0.25, 0.3) is 0 Å². The van der Waals surface area contributed by atoms with E-state index in [1.165, 1.54) is 24.3 Å². The van der Waals surface area contributed by atoms with Gasteiger partial charge in [-0.05, 0) is 64.1 Å². The van der Waals surface area contributed by atoms with E-state index in [0.29, 0.717) is 22.7 Å². The van der Waals surface area contributed by atoms with Gasteiger partial charge in [-0.2, -0.15) is 0 Å². The summed E-state index contributed by atoms with van der Waals surface area (Å²) in [6, 6.07) is 18.7. The summed E-state index contributed by atoms with van der Waals surface area (Å²) < 4.78 is 10.9. The van der Waals surface area contributed by atoms with E-state index in [4.69, 9.17) is 19.7 Å². The number of esters is 2. The third-order valence-corrected chi connectivity index (χ3v) is 8.25. The van der Waals surface area contributed by atoms with Gasteiger partial charge in [0, 0.05) is 30.7 Å². The van der Waals surface area contributed by atoms with Crippen LogP contribution in [-0.4, -0.2) is 58.0 Å². The molecular weight excluding hydrogens is 612 g/mol. The SMILES string of the molecule is CCOC(=O)C1=NN(c2ccc([N+](=O)[O-])cc2)[C@]2(C)C[C@@]3(C)N(c4ccc([N+](=O)[O-])cc4)N=C(C(=O)OCC)N3c3ccccc3N12. The Labute approximate surface area is 268 Å². The number of nitro benzene ring substituents is 2. The first-order valence-corrected chi connectivity index (χ1v) is 14.7. The normalized spacial score (nSPS) is 21.2. The highest BCUT2D eigenvalue weighted by Crippen LogP contribution is 2.53. The molecule has 0 aromatic heterocycles. The van der Waals surface area contributed by atoms with Crippen LogP contribution in [0.15, 0.2) is 83.0 Å². The van der Waals surface area contributed by atoms with Crippen LogP contribution in [0.1, 0.15) is 34.1 Å². The zero-order valence-corrected chi connectivity index (χ0v) is 25.9. The topological polar surface area (TPSA) is 177 Å². The van der Waals surface area contributed by atoms with E-state index in [1.807, 2.05) is 13.8 Å². The lowest BCUT2D eigenvalue weighted by molar-refractivity contribution is -0.385. The molecule has 3 aliphatic rings. The average molecular weight is 643 g/mol. The molecule has 0 spiro atoms. The maximum Gasteiger partial charge on any atom is 0.376 e. The lowest BCUT2D eigenvalue weighted by atomic mass is 9.93. The van der Waals surface area contributed by atoms with Crippen molar-refractivity contribution in [2.45, 2.75) is 45.4 Å². The summed E-state index contributed by atoms with van der Waals surface area (Å²) in [6.07, 6.45) is 0.0987. The number of non-ortho nitro benzene ring substituents is 2. The number of ether oxygens (including phenoxy) is 2. The molecule has 2 atom stereocenters. The van der Waals surface area contributed by atoms with Crippen molar-refractivity contribution < 1.29 is 28.9 Å². The molecule has 0 aliphatic carbocycles. The van der Waals surface area contributed by atoms with Crippen molar-refractivity contribution in [2.24, 2.45) is 10.2 Å². The van der Waals surface area contributed by atoms with Gasteiger partial charge in [0.1, 0.15) is 11.3 Å². The second-order valence-electron chi connectivity index (χ2n) is 11.2. The maximum absolute atomic E-state index is 13.6. The van der Waals surface area contributed by atoms with Gasteiger partial charge in [-0.25, -0.2) is 19.6 Å². The summed E-state index contributed by atoms with van der Waals surface area (Å²) in [4.78, 5) is 52.5. The Morgan fingerprint density at radius 1 is 0.702 bits per heavy atom. The third kappa shape index (κ3) is 4.84. The van der Waals surface area contributed by atoms with Gasteiger partial charge in [0.15, 0.2) is 0 Å². The number of anilines is 4. The van der Waals surface area contributed by atoms with Crippen LogP contribution in [0.2, 0.25) is 0 Å². The maximum atomic E-state index is 13.6. The Morgan fingerprint density at radius 3 is 1.38 bits per heavy atom. The lowest BCUT2D eigenvalue weighted by Gasteiger charge is -2.46. The van der Waals surface area contributed by atoms with Gasteiger partial charge in [0.05, 0.1) is 45.8 Å². The first kappa shape index (κ1) is 30.9. The summed E-state index contributed by atoms with van der Waals surface area (Å²) in [6.45, 7) is 7.23. The predicted molar refractivity (Wildman–Crippen MR) is 172 cm³/mol. The molecule has 3 aliphatic heterocycles. The number of amidine groups is 2. The fourth-order valence-corrected chi connectivity index (χ4v) is 6.43. The number of rotatable bonds is 8. The smallest absolute Gasteiger partial charge is 0.376 e. The molecule has 3 aromatic carbocycles. The Balaban J connectivity index is 1.60. The predicted octanol–water partition coefficient (Wildman–Crippen LogP) is 4.75. The van der Waals surface area contributed by atoms with Crippen molar-refractivity contribution in [3.8, 4) is 0 Å². The minimum Gasteiger partial charge on any atom is -0.460 e. The van der Waals surface area contributed by atoms with Gasteiger partial charge in [0.2, 0.25) is 11.7 Å². The van der Waals surface area contributed by atoms with Crippen LogP contribution in [0.4, 0.5) is 34.1 Å². The van der Waals surface area contributed by atoms with Crippen LogP contribution in [0.3, 0.4) is 0 Å². The molecule has 16 heteroatoms. The number of nitrogens with zero attached hydrogens (tertiary/aromatic N) is 8. The molecule has 0 fully saturated rings. The second kappa shape index (κ2) is 11.4. The summed E-state index contributed by atoms with van der Waals surface area (Å²) in [5.41, 5.74) is -0.808. The Bertz CT molecular complexity index is 1710. The highest BCUT2D eigenvalue weighted by Gasteiger charge is 2.62. The first-order chi connectivity index (χ1) is 22.4. The molecule has 3 aromatic rings. The van der Waals surface area contributed by atoms with E-state index in [1.54, 1.807) is 82.2 Å². The first-order valence-electron chi connectivity index (χ1n) is 14.7. The number of hydrogen-bond acceptors (Lipinski definition) is 14. The van der Waals surface area contributed by atoms with Gasteiger partial charge in [-0.15, -0.1) is 10.2 Å². The molecule has 0 bridgehead atoms. The summed E-state index contributed by atoms with van der Waals surface area (Å²) in [7, 11) is 0. The van der Waals surface area contributed by atoms with Crippen LogP contribution in [-0.2, 0) is 19.1 Å².